The highest BCUT2D eigenvalue weighted by Gasteiger charge is 2.68. The Balaban J connectivity index is 1.90. The SMILES string of the molecule is CC1(C)CCC(C23CC(Cl)(C2)C3)=C(C#N)C1. The molecular weight excluding hydrogens is 218 g/mol. The standard InChI is InChI=1S/C14H18ClN/c1-12(2)4-3-11(10(5-12)6-16)13-7-14(15,8-13)9-13/h3-5,7-9H2,1-2H3. The highest BCUT2D eigenvalue weighted by Crippen LogP contribution is 2.75. The molecule has 0 aromatic rings. The van der Waals surface area contributed by atoms with Gasteiger partial charge in [0.15, 0.2) is 0 Å². The summed E-state index contributed by atoms with van der Waals surface area (Å²) >= 11 is 6.32. The molecule has 86 valence electrons. The quantitative estimate of drug-likeness (QED) is 0.626. The van der Waals surface area contributed by atoms with E-state index in [1.54, 1.807) is 0 Å². The topological polar surface area (TPSA) is 23.8 Å². The van der Waals surface area contributed by atoms with Crippen LogP contribution < -0.4 is 0 Å². The first kappa shape index (κ1) is 10.7. The molecule has 0 heterocycles. The van der Waals surface area contributed by atoms with Crippen LogP contribution >= 0.6 is 11.6 Å². The number of allylic oxidation sites excluding steroid dienone is 2. The smallest absolute Gasteiger partial charge is 0.0947 e. The third kappa shape index (κ3) is 1.29. The Kier molecular flexibility index (Phi) is 1.90. The zero-order valence-corrected chi connectivity index (χ0v) is 10.8. The summed E-state index contributed by atoms with van der Waals surface area (Å²) in [5, 5.41) is 9.32. The fraction of sp³-hybridized carbons (Fsp3) is 0.786. The van der Waals surface area contributed by atoms with Gasteiger partial charge >= 0.3 is 0 Å². The molecule has 0 saturated heterocycles. The number of halogens is 1. The van der Waals surface area contributed by atoms with Crippen LogP contribution in [0.15, 0.2) is 11.1 Å². The summed E-state index contributed by atoms with van der Waals surface area (Å²) in [6.07, 6.45) is 6.71. The van der Waals surface area contributed by atoms with Crippen LogP contribution in [0.1, 0.15) is 52.4 Å². The summed E-state index contributed by atoms with van der Waals surface area (Å²) in [5.41, 5.74) is 3.23. The molecule has 0 aromatic carbocycles. The summed E-state index contributed by atoms with van der Waals surface area (Å²) < 4.78 is 0. The van der Waals surface area contributed by atoms with Crippen molar-refractivity contribution in [1.29, 1.82) is 5.26 Å². The fourth-order valence-corrected chi connectivity index (χ4v) is 4.73. The van der Waals surface area contributed by atoms with E-state index >= 15 is 0 Å². The van der Waals surface area contributed by atoms with E-state index in [1.165, 1.54) is 12.0 Å². The Bertz CT molecular complexity index is 405. The van der Waals surface area contributed by atoms with Crippen molar-refractivity contribution < 1.29 is 0 Å². The van der Waals surface area contributed by atoms with E-state index in [1.807, 2.05) is 0 Å². The minimum absolute atomic E-state index is 0.126. The summed E-state index contributed by atoms with van der Waals surface area (Å²) in [4.78, 5) is 0.126. The molecule has 4 rings (SSSR count). The number of nitriles is 1. The monoisotopic (exact) mass is 235 g/mol. The molecule has 3 saturated carbocycles. The molecule has 0 unspecified atom stereocenters. The van der Waals surface area contributed by atoms with Crippen molar-refractivity contribution in [3.8, 4) is 6.07 Å². The van der Waals surface area contributed by atoms with Crippen molar-refractivity contribution in [2.45, 2.75) is 57.2 Å². The van der Waals surface area contributed by atoms with Gasteiger partial charge in [0.25, 0.3) is 0 Å². The van der Waals surface area contributed by atoms with E-state index in [0.717, 1.165) is 37.7 Å². The molecule has 4 aliphatic carbocycles. The first-order valence-electron chi connectivity index (χ1n) is 6.20. The zero-order chi connectivity index (χ0) is 11.6. The van der Waals surface area contributed by atoms with Gasteiger partial charge in [0.05, 0.1) is 6.07 Å². The van der Waals surface area contributed by atoms with Crippen LogP contribution in [0.5, 0.6) is 0 Å². The van der Waals surface area contributed by atoms with Crippen LogP contribution in [0.4, 0.5) is 0 Å². The van der Waals surface area contributed by atoms with Crippen molar-refractivity contribution in [3.05, 3.63) is 11.1 Å². The number of alkyl halides is 1. The summed E-state index contributed by atoms with van der Waals surface area (Å²) in [6.45, 7) is 4.54. The Labute approximate surface area is 102 Å². The van der Waals surface area contributed by atoms with Crippen LogP contribution in [0.2, 0.25) is 0 Å². The van der Waals surface area contributed by atoms with Crippen molar-refractivity contribution in [1.82, 2.24) is 0 Å². The van der Waals surface area contributed by atoms with E-state index in [4.69, 9.17) is 11.6 Å². The minimum Gasteiger partial charge on any atom is -0.193 e. The third-order valence-corrected chi connectivity index (χ3v) is 5.21. The average molecular weight is 236 g/mol. The lowest BCUT2D eigenvalue weighted by atomic mass is 9.39. The van der Waals surface area contributed by atoms with Crippen molar-refractivity contribution in [2.75, 3.05) is 0 Å². The molecule has 16 heavy (non-hydrogen) atoms. The number of nitrogens with zero attached hydrogens (tertiary/aromatic N) is 1. The normalized spacial score (nSPS) is 44.4. The van der Waals surface area contributed by atoms with Crippen molar-refractivity contribution in [3.63, 3.8) is 0 Å². The molecule has 0 N–H and O–H groups in total. The largest absolute Gasteiger partial charge is 0.193 e. The molecule has 2 heteroatoms. The number of rotatable bonds is 1. The predicted molar refractivity (Wildman–Crippen MR) is 65.1 cm³/mol. The summed E-state index contributed by atoms with van der Waals surface area (Å²) in [7, 11) is 0. The summed E-state index contributed by atoms with van der Waals surface area (Å²) in [5.74, 6) is 0. The van der Waals surface area contributed by atoms with Crippen molar-refractivity contribution in [2.24, 2.45) is 10.8 Å². The van der Waals surface area contributed by atoms with E-state index in [-0.39, 0.29) is 4.87 Å². The molecule has 3 fully saturated rings. The maximum Gasteiger partial charge on any atom is 0.0947 e. The number of hydrogen-bond acceptors (Lipinski definition) is 1. The molecule has 1 nitrogen and oxygen atoms in total. The second-order valence-electron chi connectivity index (χ2n) is 6.87. The highest BCUT2D eigenvalue weighted by atomic mass is 35.5. The van der Waals surface area contributed by atoms with E-state index < -0.39 is 0 Å². The molecule has 4 aliphatic rings. The lowest BCUT2D eigenvalue weighted by Crippen LogP contribution is -2.64. The van der Waals surface area contributed by atoms with Gasteiger partial charge in [0, 0.05) is 10.4 Å². The second-order valence-corrected chi connectivity index (χ2v) is 7.67. The van der Waals surface area contributed by atoms with Gasteiger partial charge in [0.1, 0.15) is 0 Å². The fourth-order valence-electron chi connectivity index (χ4n) is 3.96. The number of hydrogen-bond donors (Lipinski definition) is 0. The zero-order valence-electron chi connectivity index (χ0n) is 10.1. The highest BCUT2D eigenvalue weighted by molar-refractivity contribution is 6.26. The first-order chi connectivity index (χ1) is 7.38. The van der Waals surface area contributed by atoms with Gasteiger partial charge in [-0.15, -0.1) is 11.6 Å². The molecule has 0 atom stereocenters. The third-order valence-electron chi connectivity index (χ3n) is 4.81. The minimum atomic E-state index is 0.126. The molecule has 0 amide bonds. The Morgan fingerprint density at radius 1 is 1.25 bits per heavy atom. The lowest BCUT2D eigenvalue weighted by molar-refractivity contribution is -0.0501. The van der Waals surface area contributed by atoms with Crippen molar-refractivity contribution >= 4 is 11.6 Å². The van der Waals surface area contributed by atoms with Crippen LogP contribution in [-0.2, 0) is 0 Å². The first-order valence-corrected chi connectivity index (χ1v) is 6.58. The molecule has 2 bridgehead atoms. The van der Waals surface area contributed by atoms with Crippen LogP contribution in [0.25, 0.3) is 0 Å². The van der Waals surface area contributed by atoms with Crippen LogP contribution in [0.3, 0.4) is 0 Å². The van der Waals surface area contributed by atoms with Crippen LogP contribution in [-0.4, -0.2) is 4.87 Å². The van der Waals surface area contributed by atoms with Gasteiger partial charge in [-0.05, 0) is 49.4 Å². The molecule has 0 aliphatic heterocycles. The van der Waals surface area contributed by atoms with Gasteiger partial charge in [-0.25, -0.2) is 0 Å². The summed E-state index contributed by atoms with van der Waals surface area (Å²) in [6, 6.07) is 2.46. The van der Waals surface area contributed by atoms with Gasteiger partial charge in [-0.3, -0.25) is 0 Å². The van der Waals surface area contributed by atoms with Gasteiger partial charge in [0.2, 0.25) is 0 Å². The molecular formula is C14H18ClN. The predicted octanol–water partition coefficient (Wildman–Crippen LogP) is 4.18. The maximum atomic E-state index is 9.32. The second kappa shape index (κ2) is 2.85. The van der Waals surface area contributed by atoms with E-state index in [9.17, 15) is 5.26 Å². The Morgan fingerprint density at radius 3 is 2.38 bits per heavy atom. The Hall–Kier alpha value is -0.480. The van der Waals surface area contributed by atoms with E-state index in [2.05, 4.69) is 19.9 Å². The van der Waals surface area contributed by atoms with Gasteiger partial charge < -0.3 is 0 Å². The molecule has 0 aromatic heterocycles. The molecule has 0 radical (unpaired) electrons. The average Bonchev–Trinajstić information content (AvgIpc) is 2.10. The van der Waals surface area contributed by atoms with E-state index in [0.29, 0.717) is 10.8 Å². The van der Waals surface area contributed by atoms with Crippen LogP contribution in [0, 0.1) is 22.2 Å². The lowest BCUT2D eigenvalue weighted by Gasteiger charge is -2.69. The Morgan fingerprint density at radius 2 is 1.88 bits per heavy atom. The van der Waals surface area contributed by atoms with Gasteiger partial charge in [-0.2, -0.15) is 5.26 Å². The van der Waals surface area contributed by atoms with Gasteiger partial charge in [-0.1, -0.05) is 19.4 Å². The molecule has 0 spiro atoms. The maximum absolute atomic E-state index is 9.32.